The average molecular weight is 351 g/mol. The number of hydrogen-bond donors (Lipinski definition) is 3. The van der Waals surface area contributed by atoms with Crippen molar-refractivity contribution in [2.24, 2.45) is 0 Å². The number of ether oxygens (including phenoxy) is 1. The Morgan fingerprint density at radius 1 is 1.16 bits per heavy atom. The highest BCUT2D eigenvalue weighted by Gasteiger charge is 2.10. The van der Waals surface area contributed by atoms with Crippen molar-refractivity contribution in [3.05, 3.63) is 77.5 Å². The van der Waals surface area contributed by atoms with Gasteiger partial charge in [0.25, 0.3) is 0 Å². The van der Waals surface area contributed by atoms with Crippen LogP contribution in [0.25, 0.3) is 11.3 Å². The molecule has 0 saturated heterocycles. The van der Waals surface area contributed by atoms with Gasteiger partial charge in [0.2, 0.25) is 0 Å². The second-order valence-corrected chi connectivity index (χ2v) is 6.03. The molecule has 25 heavy (non-hydrogen) atoms. The summed E-state index contributed by atoms with van der Waals surface area (Å²) in [7, 11) is 1.62. The van der Waals surface area contributed by atoms with Crippen molar-refractivity contribution < 1.29 is 9.84 Å². The Morgan fingerprint density at radius 2 is 1.88 bits per heavy atom. The fraction of sp³-hybridized carbons (Fsp3) is 0.0526. The van der Waals surface area contributed by atoms with E-state index in [9.17, 15) is 5.11 Å². The number of aliphatic hydroxyl groups is 1. The zero-order valence-electron chi connectivity index (χ0n) is 13.6. The van der Waals surface area contributed by atoms with Gasteiger partial charge < -0.3 is 20.6 Å². The lowest BCUT2D eigenvalue weighted by Crippen LogP contribution is -2.03. The lowest BCUT2D eigenvalue weighted by molar-refractivity contribution is 0.416. The third-order valence-corrected chi connectivity index (χ3v) is 4.25. The number of thiazole rings is 1. The number of aliphatic hydroxyl groups excluding tert-OH is 1. The highest BCUT2D eigenvalue weighted by Crippen LogP contribution is 2.32. The Hall–Kier alpha value is -3.12. The van der Waals surface area contributed by atoms with Gasteiger partial charge in [-0.25, -0.2) is 4.98 Å². The quantitative estimate of drug-likeness (QED) is 0.444. The van der Waals surface area contributed by atoms with E-state index in [0.29, 0.717) is 5.13 Å². The van der Waals surface area contributed by atoms with E-state index in [2.05, 4.69) is 10.3 Å². The molecule has 0 unspecified atom stereocenters. The maximum Gasteiger partial charge on any atom is 0.192 e. The molecule has 0 bridgehead atoms. The summed E-state index contributed by atoms with van der Waals surface area (Å²) in [4.78, 5) is 4.47. The first-order valence-electron chi connectivity index (χ1n) is 7.58. The maximum atomic E-state index is 10.1. The molecule has 1 heterocycles. The number of rotatable bonds is 6. The van der Waals surface area contributed by atoms with Crippen LogP contribution in [-0.4, -0.2) is 22.9 Å². The summed E-state index contributed by atoms with van der Waals surface area (Å²) in [6.45, 7) is 0. The molecule has 0 aliphatic heterocycles. The van der Waals surface area contributed by atoms with Crippen LogP contribution in [-0.2, 0) is 0 Å². The van der Waals surface area contributed by atoms with E-state index >= 15 is 0 Å². The van der Waals surface area contributed by atoms with E-state index in [1.165, 1.54) is 17.4 Å². The topological polar surface area (TPSA) is 78.2 Å². The summed E-state index contributed by atoms with van der Waals surface area (Å²) >= 11 is 1.37. The van der Waals surface area contributed by atoms with Gasteiger partial charge in [-0.1, -0.05) is 42.5 Å². The highest BCUT2D eigenvalue weighted by molar-refractivity contribution is 7.14. The summed E-state index contributed by atoms with van der Waals surface area (Å²) in [6, 6.07) is 16.8. The van der Waals surface area contributed by atoms with Gasteiger partial charge in [-0.3, -0.25) is 0 Å². The van der Waals surface area contributed by atoms with Crippen LogP contribution < -0.4 is 10.1 Å². The molecule has 1 aromatic heterocycles. The van der Waals surface area contributed by atoms with E-state index in [0.717, 1.165) is 22.6 Å². The van der Waals surface area contributed by atoms with Crippen LogP contribution in [0.2, 0.25) is 0 Å². The second-order valence-electron chi connectivity index (χ2n) is 5.17. The zero-order chi connectivity index (χ0) is 17.6. The Kier molecular flexibility index (Phi) is 5.11. The molecule has 3 aromatic rings. The number of nitrogens with one attached hydrogen (secondary N) is 2. The molecule has 2 aromatic carbocycles. The number of anilines is 1. The first kappa shape index (κ1) is 16.7. The molecule has 0 atom stereocenters. The zero-order valence-corrected chi connectivity index (χ0v) is 14.4. The molecule has 0 saturated carbocycles. The Balaban J connectivity index is 1.75. The Morgan fingerprint density at radius 3 is 2.64 bits per heavy atom. The smallest absolute Gasteiger partial charge is 0.192 e. The van der Waals surface area contributed by atoms with Gasteiger partial charge in [0.1, 0.15) is 5.75 Å². The van der Waals surface area contributed by atoms with Crippen molar-refractivity contribution in [1.82, 2.24) is 4.98 Å². The molecule has 0 amide bonds. The molecule has 126 valence electrons. The van der Waals surface area contributed by atoms with Gasteiger partial charge >= 0.3 is 0 Å². The maximum absolute atomic E-state index is 10.1. The van der Waals surface area contributed by atoms with Gasteiger partial charge in [-0.15, -0.1) is 11.3 Å². The van der Waals surface area contributed by atoms with Crippen LogP contribution >= 0.6 is 11.3 Å². The van der Waals surface area contributed by atoms with E-state index < -0.39 is 0 Å². The molecule has 3 rings (SSSR count). The number of hydrogen-bond acceptors (Lipinski definition) is 6. The van der Waals surface area contributed by atoms with Gasteiger partial charge in [0.05, 0.1) is 18.5 Å². The summed E-state index contributed by atoms with van der Waals surface area (Å²) in [6.07, 6.45) is 1.36. The van der Waals surface area contributed by atoms with Gasteiger partial charge in [0, 0.05) is 17.0 Å². The van der Waals surface area contributed by atoms with Crippen LogP contribution in [0, 0.1) is 5.41 Å². The van der Waals surface area contributed by atoms with Gasteiger partial charge in [-0.2, -0.15) is 0 Å². The highest BCUT2D eigenvalue weighted by atomic mass is 32.1. The molecule has 0 fully saturated rings. The van der Waals surface area contributed by atoms with Gasteiger partial charge in [0.15, 0.2) is 11.0 Å². The Labute approximate surface area is 149 Å². The predicted octanol–water partition coefficient (Wildman–Crippen LogP) is 4.70. The predicted molar refractivity (Wildman–Crippen MR) is 102 cm³/mol. The van der Waals surface area contributed by atoms with E-state index in [-0.39, 0.29) is 11.6 Å². The fourth-order valence-electron chi connectivity index (χ4n) is 2.29. The summed E-state index contributed by atoms with van der Waals surface area (Å²) in [5.74, 6) is 0.611. The van der Waals surface area contributed by atoms with E-state index in [1.807, 2.05) is 60.0 Å². The number of nitrogens with zero attached hydrogens (tertiary/aromatic N) is 1. The van der Waals surface area contributed by atoms with Crippen molar-refractivity contribution in [2.75, 3.05) is 12.4 Å². The molecule has 0 aliphatic rings. The van der Waals surface area contributed by atoms with Crippen LogP contribution in [0.3, 0.4) is 0 Å². The summed E-state index contributed by atoms with van der Waals surface area (Å²) in [5.41, 5.74) is 2.59. The monoisotopic (exact) mass is 351 g/mol. The standard InChI is InChI=1S/C19H17N3O2S/c1-24-17-10-6-5-9-14(17)16-12-25-19(21-16)22-18(23)11-15(20)13-7-3-2-4-8-13/h2-12,20,23H,1H3,(H,21,22)/b18-11+,20-15?. The normalized spacial score (nSPS) is 11.2. The fourth-order valence-corrected chi connectivity index (χ4v) is 3.01. The SMILES string of the molecule is COc1ccccc1-c1csc(N/C(O)=C\C(=N)c2ccccc2)n1. The molecule has 6 heteroatoms. The molecular weight excluding hydrogens is 334 g/mol. The van der Waals surface area contributed by atoms with Crippen LogP contribution in [0.1, 0.15) is 5.56 Å². The van der Waals surface area contributed by atoms with Crippen LogP contribution in [0.15, 0.2) is 71.9 Å². The summed E-state index contributed by atoms with van der Waals surface area (Å²) in [5, 5.41) is 23.3. The Bertz CT molecular complexity index is 904. The van der Waals surface area contributed by atoms with Crippen molar-refractivity contribution in [1.29, 1.82) is 5.41 Å². The second kappa shape index (κ2) is 7.63. The molecule has 5 nitrogen and oxygen atoms in total. The molecule has 0 radical (unpaired) electrons. The number of benzene rings is 2. The number of allylic oxidation sites excluding steroid dienone is 1. The first-order chi connectivity index (χ1) is 12.2. The largest absolute Gasteiger partial charge is 0.496 e. The van der Waals surface area contributed by atoms with Crippen molar-refractivity contribution >= 4 is 22.2 Å². The lowest BCUT2D eigenvalue weighted by Gasteiger charge is -2.05. The van der Waals surface area contributed by atoms with Crippen LogP contribution in [0.5, 0.6) is 5.75 Å². The first-order valence-corrected chi connectivity index (χ1v) is 8.46. The molecule has 0 aliphatic carbocycles. The average Bonchev–Trinajstić information content (AvgIpc) is 3.10. The van der Waals surface area contributed by atoms with Crippen molar-refractivity contribution in [2.45, 2.75) is 0 Å². The number of aromatic nitrogens is 1. The molecular formula is C19H17N3O2S. The minimum Gasteiger partial charge on any atom is -0.496 e. The summed E-state index contributed by atoms with van der Waals surface area (Å²) < 4.78 is 5.35. The van der Waals surface area contributed by atoms with Crippen molar-refractivity contribution in [3.8, 4) is 17.0 Å². The molecule has 0 spiro atoms. The molecule has 3 N–H and O–H groups in total. The number of methoxy groups -OCH3 is 1. The van der Waals surface area contributed by atoms with E-state index in [1.54, 1.807) is 7.11 Å². The third-order valence-electron chi connectivity index (χ3n) is 3.49. The lowest BCUT2D eigenvalue weighted by atomic mass is 10.1. The third kappa shape index (κ3) is 4.05. The van der Waals surface area contributed by atoms with Crippen LogP contribution in [0.4, 0.5) is 5.13 Å². The minimum absolute atomic E-state index is 0.130. The number of para-hydroxylation sites is 1. The van der Waals surface area contributed by atoms with Crippen molar-refractivity contribution in [3.63, 3.8) is 0 Å². The van der Waals surface area contributed by atoms with E-state index in [4.69, 9.17) is 10.1 Å². The minimum atomic E-state index is -0.130. The van der Waals surface area contributed by atoms with Gasteiger partial charge in [-0.05, 0) is 17.7 Å².